The molecule has 2 aliphatic rings. The summed E-state index contributed by atoms with van der Waals surface area (Å²) in [6.45, 7) is 1.89. The lowest BCUT2D eigenvalue weighted by Crippen LogP contribution is -2.20. The lowest BCUT2D eigenvalue weighted by molar-refractivity contribution is -0.105. The van der Waals surface area contributed by atoms with E-state index in [0.717, 1.165) is 35.8 Å². The molecule has 0 N–H and O–H groups in total. The van der Waals surface area contributed by atoms with Gasteiger partial charge in [0.2, 0.25) is 0 Å². The van der Waals surface area contributed by atoms with E-state index in [1.54, 1.807) is 6.07 Å². The molecular formula is C18H21FO2. The molecule has 1 aromatic carbocycles. The summed E-state index contributed by atoms with van der Waals surface area (Å²) in [5.74, 6) is 0.144. The van der Waals surface area contributed by atoms with Gasteiger partial charge in [-0.25, -0.2) is 4.39 Å². The van der Waals surface area contributed by atoms with Gasteiger partial charge in [0.25, 0.3) is 0 Å². The van der Waals surface area contributed by atoms with Crippen molar-refractivity contribution in [1.29, 1.82) is 0 Å². The van der Waals surface area contributed by atoms with Gasteiger partial charge in [0.05, 0.1) is 6.10 Å². The van der Waals surface area contributed by atoms with Gasteiger partial charge in [0.15, 0.2) is 11.6 Å². The van der Waals surface area contributed by atoms with Crippen molar-refractivity contribution in [3.8, 4) is 5.75 Å². The number of carbonyl (C=O) groups is 1. The molecular weight excluding hydrogens is 267 g/mol. The number of carbonyl (C=O) groups excluding carboxylic acids is 1. The van der Waals surface area contributed by atoms with Gasteiger partial charge in [-0.05, 0) is 73.8 Å². The van der Waals surface area contributed by atoms with Crippen LogP contribution in [0.2, 0.25) is 0 Å². The summed E-state index contributed by atoms with van der Waals surface area (Å²) < 4.78 is 20.6. The first-order valence-corrected chi connectivity index (χ1v) is 7.84. The number of hydrogen-bond acceptors (Lipinski definition) is 2. The molecule has 0 atom stereocenters. The Morgan fingerprint density at radius 3 is 2.67 bits per heavy atom. The van der Waals surface area contributed by atoms with Crippen LogP contribution in [0.4, 0.5) is 4.39 Å². The number of allylic oxidation sites excluding steroid dienone is 2. The van der Waals surface area contributed by atoms with Crippen molar-refractivity contribution in [1.82, 2.24) is 0 Å². The van der Waals surface area contributed by atoms with Gasteiger partial charge in [0, 0.05) is 0 Å². The van der Waals surface area contributed by atoms with Crippen LogP contribution in [-0.4, -0.2) is 12.4 Å². The van der Waals surface area contributed by atoms with Crippen LogP contribution in [0.3, 0.4) is 0 Å². The smallest absolute Gasteiger partial charge is 0.168 e. The number of ether oxygens (including phenoxy) is 1. The Hall–Kier alpha value is -1.64. The highest BCUT2D eigenvalue weighted by Gasteiger charge is 2.23. The first kappa shape index (κ1) is 14.3. The molecule has 0 aromatic heterocycles. The van der Waals surface area contributed by atoms with Crippen molar-refractivity contribution in [3.05, 3.63) is 34.6 Å². The zero-order valence-electron chi connectivity index (χ0n) is 12.5. The predicted octanol–water partition coefficient (Wildman–Crippen LogP) is 4.46. The van der Waals surface area contributed by atoms with Gasteiger partial charge in [-0.3, -0.25) is 4.79 Å². The van der Waals surface area contributed by atoms with Crippen LogP contribution in [0.1, 0.15) is 56.6 Å². The predicted molar refractivity (Wildman–Crippen MR) is 80.9 cm³/mol. The van der Waals surface area contributed by atoms with Crippen molar-refractivity contribution < 1.29 is 13.9 Å². The van der Waals surface area contributed by atoms with E-state index in [2.05, 4.69) is 0 Å². The fraction of sp³-hybridized carbons (Fsp3) is 0.500. The van der Waals surface area contributed by atoms with Crippen LogP contribution in [0.25, 0.3) is 5.57 Å². The zero-order chi connectivity index (χ0) is 14.8. The molecule has 0 amide bonds. The van der Waals surface area contributed by atoms with E-state index in [9.17, 15) is 9.18 Å². The number of rotatable bonds is 3. The SMILES string of the molecule is CC1=C(C=O)CCc2c1ccc(OC1CCCCC1)c2F. The minimum atomic E-state index is -0.234. The second-order valence-corrected chi connectivity index (χ2v) is 6.05. The highest BCUT2D eigenvalue weighted by Crippen LogP contribution is 2.36. The van der Waals surface area contributed by atoms with E-state index in [1.165, 1.54) is 19.3 Å². The third-order valence-corrected chi connectivity index (χ3v) is 4.73. The zero-order valence-corrected chi connectivity index (χ0v) is 12.5. The summed E-state index contributed by atoms with van der Waals surface area (Å²) in [4.78, 5) is 11.0. The number of halogens is 1. The van der Waals surface area contributed by atoms with Gasteiger partial charge < -0.3 is 4.74 Å². The molecule has 2 nitrogen and oxygen atoms in total. The van der Waals surface area contributed by atoms with Gasteiger partial charge in [-0.15, -0.1) is 0 Å². The summed E-state index contributed by atoms with van der Waals surface area (Å²) in [6, 6.07) is 3.62. The Kier molecular flexibility index (Phi) is 4.09. The molecule has 2 aliphatic carbocycles. The van der Waals surface area contributed by atoms with E-state index in [1.807, 2.05) is 13.0 Å². The number of hydrogen-bond donors (Lipinski definition) is 0. The number of benzene rings is 1. The quantitative estimate of drug-likeness (QED) is 0.768. The molecule has 0 spiro atoms. The highest BCUT2D eigenvalue weighted by atomic mass is 19.1. The Bertz CT molecular complexity index is 583. The fourth-order valence-electron chi connectivity index (χ4n) is 3.42. The molecule has 0 bridgehead atoms. The normalized spacial score (nSPS) is 19.3. The lowest BCUT2D eigenvalue weighted by Gasteiger charge is -2.25. The molecule has 0 aliphatic heterocycles. The van der Waals surface area contributed by atoms with Crippen molar-refractivity contribution in [2.45, 2.75) is 58.0 Å². The maximum absolute atomic E-state index is 14.7. The Morgan fingerprint density at radius 2 is 1.95 bits per heavy atom. The van der Waals surface area contributed by atoms with E-state index < -0.39 is 0 Å². The first-order chi connectivity index (χ1) is 10.2. The van der Waals surface area contributed by atoms with Gasteiger partial charge >= 0.3 is 0 Å². The van der Waals surface area contributed by atoms with E-state index in [-0.39, 0.29) is 11.9 Å². The van der Waals surface area contributed by atoms with Crippen molar-refractivity contribution in [2.75, 3.05) is 0 Å². The Morgan fingerprint density at radius 1 is 1.19 bits per heavy atom. The molecule has 0 unspecified atom stereocenters. The standard InChI is InChI=1S/C18H21FO2/c1-12-13(11-20)7-8-16-15(12)9-10-17(18(16)19)21-14-5-3-2-4-6-14/h9-11,14H,2-8H2,1H3. The third kappa shape index (κ3) is 2.74. The second-order valence-electron chi connectivity index (χ2n) is 6.05. The molecule has 1 saturated carbocycles. The van der Waals surface area contributed by atoms with E-state index in [4.69, 9.17) is 4.74 Å². The largest absolute Gasteiger partial charge is 0.487 e. The first-order valence-electron chi connectivity index (χ1n) is 7.84. The molecule has 21 heavy (non-hydrogen) atoms. The minimum absolute atomic E-state index is 0.150. The van der Waals surface area contributed by atoms with Crippen molar-refractivity contribution >= 4 is 11.9 Å². The molecule has 0 radical (unpaired) electrons. The van der Waals surface area contributed by atoms with Crippen LogP contribution < -0.4 is 4.74 Å². The van der Waals surface area contributed by atoms with E-state index in [0.29, 0.717) is 24.2 Å². The topological polar surface area (TPSA) is 26.3 Å². The molecule has 1 fully saturated rings. The van der Waals surface area contributed by atoms with Gasteiger partial charge in [-0.2, -0.15) is 0 Å². The summed E-state index contributed by atoms with van der Waals surface area (Å²) in [5, 5.41) is 0. The van der Waals surface area contributed by atoms with Gasteiger partial charge in [0.1, 0.15) is 6.29 Å². The van der Waals surface area contributed by atoms with Crippen LogP contribution >= 0.6 is 0 Å². The molecule has 3 heteroatoms. The molecule has 112 valence electrons. The lowest BCUT2D eigenvalue weighted by atomic mass is 9.86. The van der Waals surface area contributed by atoms with Crippen LogP contribution in [0, 0.1) is 5.82 Å². The fourth-order valence-corrected chi connectivity index (χ4v) is 3.42. The Balaban J connectivity index is 1.89. The average molecular weight is 288 g/mol. The third-order valence-electron chi connectivity index (χ3n) is 4.73. The number of aldehydes is 1. The molecule has 0 heterocycles. The monoisotopic (exact) mass is 288 g/mol. The van der Waals surface area contributed by atoms with Crippen molar-refractivity contribution in [2.24, 2.45) is 0 Å². The summed E-state index contributed by atoms with van der Waals surface area (Å²) >= 11 is 0. The molecule has 0 saturated heterocycles. The van der Waals surface area contributed by atoms with E-state index >= 15 is 0 Å². The van der Waals surface area contributed by atoms with Crippen molar-refractivity contribution in [3.63, 3.8) is 0 Å². The summed E-state index contributed by atoms with van der Waals surface area (Å²) in [6.07, 6.45) is 7.87. The van der Waals surface area contributed by atoms with Gasteiger partial charge in [-0.1, -0.05) is 12.5 Å². The maximum atomic E-state index is 14.7. The highest BCUT2D eigenvalue weighted by molar-refractivity contribution is 5.89. The molecule has 1 aromatic rings. The Labute approximate surface area is 125 Å². The molecule has 3 rings (SSSR count). The second kappa shape index (κ2) is 6.00. The minimum Gasteiger partial charge on any atom is -0.487 e. The summed E-state index contributed by atoms with van der Waals surface area (Å²) in [7, 11) is 0. The van der Waals surface area contributed by atoms with Crippen LogP contribution in [0.5, 0.6) is 5.75 Å². The average Bonchev–Trinajstić information content (AvgIpc) is 2.52. The summed E-state index contributed by atoms with van der Waals surface area (Å²) in [5.41, 5.74) is 3.24. The maximum Gasteiger partial charge on any atom is 0.168 e. The number of fused-ring (bicyclic) bond motifs is 1. The van der Waals surface area contributed by atoms with Crippen LogP contribution in [0.15, 0.2) is 17.7 Å². The van der Waals surface area contributed by atoms with Crippen LogP contribution in [-0.2, 0) is 11.2 Å².